The Hall–Kier alpha value is -2.84. The third kappa shape index (κ3) is 5.70. The van der Waals surface area contributed by atoms with Crippen molar-refractivity contribution in [1.29, 1.82) is 0 Å². The van der Waals surface area contributed by atoms with Gasteiger partial charge in [-0.2, -0.15) is 0 Å². The fourth-order valence-corrected chi connectivity index (χ4v) is 5.78. The van der Waals surface area contributed by atoms with Gasteiger partial charge in [-0.1, -0.05) is 34.2 Å². The average molecular weight is 546 g/mol. The van der Waals surface area contributed by atoms with Crippen molar-refractivity contribution in [3.63, 3.8) is 0 Å². The van der Waals surface area contributed by atoms with E-state index in [0.717, 1.165) is 11.3 Å². The number of hydrogen-bond donors (Lipinski definition) is 3. The lowest BCUT2D eigenvalue weighted by atomic mass is 9.87. The summed E-state index contributed by atoms with van der Waals surface area (Å²) in [5.74, 6) is -2.90. The van der Waals surface area contributed by atoms with Crippen molar-refractivity contribution in [2.75, 3.05) is 24.6 Å². The molecule has 12 nitrogen and oxygen atoms in total. The summed E-state index contributed by atoms with van der Waals surface area (Å²) in [6.07, 6.45) is 1.32. The van der Waals surface area contributed by atoms with Gasteiger partial charge in [-0.3, -0.25) is 14.4 Å². The topological polar surface area (TPSA) is 174 Å². The zero-order valence-electron chi connectivity index (χ0n) is 19.1. The number of nitrogen functional groups attached to an aromatic ring is 1. The number of nitrogens with one attached hydrogen (secondary N) is 1. The molecule has 3 atom stereocenters. The van der Waals surface area contributed by atoms with Crippen LogP contribution in [0.15, 0.2) is 17.8 Å². The maximum atomic E-state index is 13.1. The van der Waals surface area contributed by atoms with Crippen molar-refractivity contribution in [3.05, 3.63) is 22.7 Å². The Morgan fingerprint density at radius 1 is 1.46 bits per heavy atom. The van der Waals surface area contributed by atoms with Crippen molar-refractivity contribution in [1.82, 2.24) is 15.2 Å². The number of thioether (sulfide) groups is 1. The van der Waals surface area contributed by atoms with Crippen LogP contribution in [0.1, 0.15) is 26.5 Å². The lowest BCUT2D eigenvalue weighted by molar-refractivity contribution is -0.160. The second-order valence-electron chi connectivity index (χ2n) is 8.76. The maximum absolute atomic E-state index is 13.1. The molecule has 0 radical (unpaired) electrons. The monoisotopic (exact) mass is 545 g/mol. The quantitative estimate of drug-likeness (QED) is 0.141. The van der Waals surface area contributed by atoms with Gasteiger partial charge in [-0.05, 0) is 20.8 Å². The van der Waals surface area contributed by atoms with Gasteiger partial charge in [0.2, 0.25) is 12.5 Å². The summed E-state index contributed by atoms with van der Waals surface area (Å²) in [7, 11) is 0. The molecule has 2 aliphatic heterocycles. The van der Waals surface area contributed by atoms with Crippen molar-refractivity contribution in [2.24, 2.45) is 10.6 Å². The molecule has 2 aliphatic rings. The molecule has 15 heteroatoms. The predicted octanol–water partition coefficient (Wildman–Crippen LogP) is 1.10. The largest absolute Gasteiger partial charge is 0.481 e. The number of aliphatic carboxylic acids is 1. The molecule has 35 heavy (non-hydrogen) atoms. The highest BCUT2D eigenvalue weighted by Crippen LogP contribution is 2.42. The molecule has 2 unspecified atom stereocenters. The van der Waals surface area contributed by atoms with Gasteiger partial charge in [0.1, 0.15) is 32.5 Å². The highest BCUT2D eigenvalue weighted by Gasteiger charge is 2.56. The highest BCUT2D eigenvalue weighted by atomic mass is 35.5. The van der Waals surface area contributed by atoms with Gasteiger partial charge in [0, 0.05) is 12.3 Å². The number of nitrogens with two attached hydrogens (primary N) is 1. The van der Waals surface area contributed by atoms with Crippen LogP contribution in [0.4, 0.5) is 5.13 Å². The number of oxime groups is 1. The van der Waals surface area contributed by atoms with Gasteiger partial charge >= 0.3 is 11.9 Å². The molecule has 0 aliphatic carbocycles. The number of thiazole rings is 1. The third-order valence-corrected chi connectivity index (χ3v) is 7.64. The summed E-state index contributed by atoms with van der Waals surface area (Å²) < 4.78 is 5.18. The molecular formula is C20H24ClN5O7S2. The Morgan fingerprint density at radius 3 is 2.69 bits per heavy atom. The summed E-state index contributed by atoms with van der Waals surface area (Å²) in [5, 5.41) is 15.4. The number of fused-ring (bicyclic) bond motifs is 1. The molecule has 0 spiro atoms. The summed E-state index contributed by atoms with van der Waals surface area (Å²) in [4.78, 5) is 59.7. The molecule has 2 saturated heterocycles. The van der Waals surface area contributed by atoms with Gasteiger partial charge in [-0.25, -0.2) is 9.78 Å². The van der Waals surface area contributed by atoms with Crippen LogP contribution in [0.25, 0.3) is 0 Å². The van der Waals surface area contributed by atoms with Gasteiger partial charge in [0.25, 0.3) is 5.91 Å². The van der Waals surface area contributed by atoms with Crippen LogP contribution in [0, 0.1) is 5.41 Å². The average Bonchev–Trinajstić information content (AvgIpc) is 3.10. The smallest absolute Gasteiger partial charge is 0.347 e. The minimum atomic E-state index is -1.26. The van der Waals surface area contributed by atoms with Crippen LogP contribution in [0.5, 0.6) is 0 Å². The lowest BCUT2D eigenvalue weighted by Gasteiger charge is -2.53. The fraction of sp³-hybridized carbons (Fsp3) is 0.500. The van der Waals surface area contributed by atoms with Crippen LogP contribution in [0.2, 0.25) is 4.34 Å². The van der Waals surface area contributed by atoms with E-state index in [1.165, 1.54) is 22.7 Å². The number of carboxylic acids is 1. The molecule has 1 aromatic heterocycles. The van der Waals surface area contributed by atoms with Crippen molar-refractivity contribution in [3.8, 4) is 0 Å². The Kier molecular flexibility index (Phi) is 7.67. The van der Waals surface area contributed by atoms with Gasteiger partial charge in [0.05, 0.1) is 0 Å². The van der Waals surface area contributed by atoms with Crippen LogP contribution < -0.4 is 11.1 Å². The van der Waals surface area contributed by atoms with Crippen LogP contribution in [0.3, 0.4) is 0 Å². The molecule has 0 saturated carbocycles. The van der Waals surface area contributed by atoms with E-state index in [1.807, 2.05) is 0 Å². The number of ether oxygens (including phenoxy) is 1. The lowest BCUT2D eigenvalue weighted by Crippen LogP contribution is -2.73. The van der Waals surface area contributed by atoms with Crippen molar-refractivity contribution in [2.45, 2.75) is 37.8 Å². The number of β-lactam (4-membered cyclic amide) rings is 1. The molecule has 2 amide bonds. The van der Waals surface area contributed by atoms with Gasteiger partial charge < -0.3 is 30.6 Å². The summed E-state index contributed by atoms with van der Waals surface area (Å²) in [6, 6.07) is -0.935. The summed E-state index contributed by atoms with van der Waals surface area (Å²) >= 11 is 8.26. The fourth-order valence-electron chi connectivity index (χ4n) is 3.32. The van der Waals surface area contributed by atoms with Gasteiger partial charge in [-0.15, -0.1) is 18.3 Å². The molecule has 0 bridgehead atoms. The number of amides is 2. The standard InChI is InChI=1S/C20H24ClN5O7S2/c1-5-20(17(30)31)7-26-15(29)12(16(26)34-8-20)23-14(28)11(10-13(21)35-18(22)24-10)25-32-6-9(27)33-19(2,3)4/h5,12,16H,1,6-8H2,2-4H3,(H2,22,24)(H,23,28)(H,30,31)/t12?,16-,20?/m1/s1. The molecular weight excluding hydrogens is 522 g/mol. The van der Waals surface area contributed by atoms with E-state index in [4.69, 9.17) is 26.9 Å². The number of hydrogen-bond acceptors (Lipinski definition) is 11. The third-order valence-electron chi connectivity index (χ3n) is 5.01. The number of carbonyl (C=O) groups excluding carboxylic acids is 3. The Morgan fingerprint density at radius 2 is 2.14 bits per heavy atom. The number of anilines is 1. The second-order valence-corrected chi connectivity index (χ2v) is 11.5. The number of halogens is 1. The molecule has 1 aromatic rings. The first-order valence-electron chi connectivity index (χ1n) is 10.2. The van der Waals surface area contributed by atoms with E-state index < -0.39 is 52.8 Å². The number of rotatable bonds is 8. The first-order valence-corrected chi connectivity index (χ1v) is 12.5. The predicted molar refractivity (Wildman–Crippen MR) is 130 cm³/mol. The van der Waals surface area contributed by atoms with E-state index >= 15 is 0 Å². The Labute approximate surface area is 213 Å². The van der Waals surface area contributed by atoms with Crippen molar-refractivity contribution >= 4 is 69.3 Å². The number of esters is 1. The van der Waals surface area contributed by atoms with E-state index in [0.29, 0.717) is 0 Å². The molecule has 3 rings (SSSR count). The SMILES string of the molecule is C=CC1(C(=O)O)CS[C@@H]2C(NC(=O)C(=NOCC(=O)OC(C)(C)C)c3nc(N)sc3Cl)C(=O)N2C1. The van der Waals surface area contributed by atoms with E-state index in [2.05, 4.69) is 22.0 Å². The molecule has 0 aromatic carbocycles. The zero-order valence-corrected chi connectivity index (χ0v) is 21.5. The van der Waals surface area contributed by atoms with E-state index in [1.54, 1.807) is 20.8 Å². The normalized spacial score (nSPS) is 24.2. The number of carboxylic acid groups (broad SMARTS) is 1. The Balaban J connectivity index is 1.74. The van der Waals surface area contributed by atoms with Gasteiger partial charge in [0.15, 0.2) is 10.8 Å². The first kappa shape index (κ1) is 26.8. The number of carbonyl (C=O) groups is 4. The van der Waals surface area contributed by atoms with Crippen LogP contribution >= 0.6 is 34.7 Å². The number of aromatic nitrogens is 1. The van der Waals surface area contributed by atoms with E-state index in [-0.39, 0.29) is 33.2 Å². The minimum Gasteiger partial charge on any atom is -0.481 e. The molecule has 3 heterocycles. The van der Waals surface area contributed by atoms with Crippen LogP contribution in [-0.4, -0.2) is 80.4 Å². The zero-order chi connectivity index (χ0) is 26.1. The van der Waals surface area contributed by atoms with Crippen molar-refractivity contribution < 1.29 is 33.9 Å². The first-order chi connectivity index (χ1) is 16.3. The summed E-state index contributed by atoms with van der Waals surface area (Å²) in [6.45, 7) is 8.00. The van der Waals surface area contributed by atoms with Crippen LogP contribution in [-0.2, 0) is 28.8 Å². The second kappa shape index (κ2) is 10.0. The number of nitrogens with zero attached hydrogens (tertiary/aromatic N) is 3. The minimum absolute atomic E-state index is 0.0525. The molecule has 2 fully saturated rings. The highest BCUT2D eigenvalue weighted by molar-refractivity contribution is 8.00. The molecule has 4 N–H and O–H groups in total. The summed E-state index contributed by atoms with van der Waals surface area (Å²) in [5.41, 5.74) is 3.21. The van der Waals surface area contributed by atoms with E-state index in [9.17, 15) is 24.3 Å². The maximum Gasteiger partial charge on any atom is 0.347 e. The Bertz CT molecular complexity index is 1100. The molecule has 190 valence electrons.